The van der Waals surface area contributed by atoms with Crippen LogP contribution in [0.1, 0.15) is 53.0 Å². The highest BCUT2D eigenvalue weighted by Gasteiger charge is 2.57. The van der Waals surface area contributed by atoms with Gasteiger partial charge in [0, 0.05) is 31.3 Å². The van der Waals surface area contributed by atoms with Gasteiger partial charge in [-0.3, -0.25) is 14.4 Å². The molecule has 0 radical (unpaired) electrons. The number of amides is 3. The van der Waals surface area contributed by atoms with Gasteiger partial charge in [0.1, 0.15) is 5.75 Å². The van der Waals surface area contributed by atoms with Crippen LogP contribution in [0.25, 0.3) is 0 Å². The molecule has 8 nitrogen and oxygen atoms in total. The lowest BCUT2D eigenvalue weighted by atomic mass is 9.60. The molecule has 1 aliphatic heterocycles. The Labute approximate surface area is 186 Å². The van der Waals surface area contributed by atoms with Crippen molar-refractivity contribution in [2.45, 2.75) is 37.8 Å². The van der Waals surface area contributed by atoms with Crippen LogP contribution in [-0.2, 0) is 4.79 Å². The lowest BCUT2D eigenvalue weighted by Gasteiger charge is -2.55. The van der Waals surface area contributed by atoms with Crippen LogP contribution in [0.15, 0.2) is 47.1 Å². The topological polar surface area (TPSA) is 110 Å². The fourth-order valence-electron chi connectivity index (χ4n) is 5.41. The molecule has 1 spiro atoms. The number of para-hydroxylation sites is 1. The van der Waals surface area contributed by atoms with E-state index < -0.39 is 5.72 Å². The Hall–Kier alpha value is -3.29. The van der Waals surface area contributed by atoms with Gasteiger partial charge in [-0.1, -0.05) is 12.1 Å². The van der Waals surface area contributed by atoms with Gasteiger partial charge in [-0.2, -0.15) is 0 Å². The van der Waals surface area contributed by atoms with Gasteiger partial charge in [0.15, 0.2) is 11.5 Å². The lowest BCUT2D eigenvalue weighted by molar-refractivity contribution is -0.146. The van der Waals surface area contributed by atoms with Crippen molar-refractivity contribution >= 4 is 17.7 Å². The summed E-state index contributed by atoms with van der Waals surface area (Å²) >= 11 is 0. The van der Waals surface area contributed by atoms with Gasteiger partial charge in [-0.15, -0.1) is 0 Å². The highest BCUT2D eigenvalue weighted by molar-refractivity contribution is 5.98. The molecular formula is C24H27N3O5. The van der Waals surface area contributed by atoms with E-state index in [0.29, 0.717) is 43.7 Å². The second kappa shape index (κ2) is 8.33. The van der Waals surface area contributed by atoms with Gasteiger partial charge in [-0.05, 0) is 55.9 Å². The molecule has 3 N–H and O–H groups in total. The van der Waals surface area contributed by atoms with E-state index >= 15 is 0 Å². The number of rotatable bonds is 6. The van der Waals surface area contributed by atoms with Gasteiger partial charge in [0.05, 0.1) is 11.8 Å². The molecule has 1 aromatic heterocycles. The number of benzene rings is 1. The summed E-state index contributed by atoms with van der Waals surface area (Å²) < 4.78 is 11.4. The first kappa shape index (κ1) is 20.6. The quantitative estimate of drug-likeness (QED) is 0.602. The van der Waals surface area contributed by atoms with Gasteiger partial charge in [0.25, 0.3) is 11.8 Å². The number of carbonyl (C=O) groups excluding carboxylic acids is 3. The molecular weight excluding hydrogens is 410 g/mol. The molecule has 3 amide bonds. The lowest BCUT2D eigenvalue weighted by Crippen LogP contribution is -2.66. The van der Waals surface area contributed by atoms with E-state index in [4.69, 9.17) is 9.15 Å². The van der Waals surface area contributed by atoms with Crippen molar-refractivity contribution in [2.24, 2.45) is 17.8 Å². The Morgan fingerprint density at radius 3 is 2.72 bits per heavy atom. The smallest absolute Gasteiger partial charge is 0.286 e. The van der Waals surface area contributed by atoms with Crippen LogP contribution in [0.3, 0.4) is 0 Å². The third-order valence-corrected chi connectivity index (χ3v) is 6.99. The largest absolute Gasteiger partial charge is 0.467 e. The second-order valence-corrected chi connectivity index (χ2v) is 8.90. The summed E-state index contributed by atoms with van der Waals surface area (Å²) in [7, 11) is 0. The van der Waals surface area contributed by atoms with Crippen molar-refractivity contribution in [1.82, 2.24) is 16.0 Å². The molecule has 168 valence electrons. The molecule has 2 bridgehead atoms. The molecule has 6 rings (SSSR count). The first-order chi connectivity index (χ1) is 15.6. The van der Waals surface area contributed by atoms with Crippen LogP contribution in [0, 0.1) is 17.8 Å². The number of hydrogen-bond donors (Lipinski definition) is 3. The van der Waals surface area contributed by atoms with E-state index in [9.17, 15) is 14.4 Å². The van der Waals surface area contributed by atoms with Crippen LogP contribution < -0.4 is 20.7 Å². The van der Waals surface area contributed by atoms with Crippen LogP contribution in [0.4, 0.5) is 0 Å². The van der Waals surface area contributed by atoms with E-state index in [2.05, 4.69) is 16.0 Å². The zero-order chi connectivity index (χ0) is 22.1. The Morgan fingerprint density at radius 2 is 1.94 bits per heavy atom. The molecule has 8 heteroatoms. The normalized spacial score (nSPS) is 27.9. The minimum Gasteiger partial charge on any atom is -0.467 e. The van der Waals surface area contributed by atoms with E-state index in [1.165, 1.54) is 6.26 Å². The minimum absolute atomic E-state index is 0.0504. The number of carbonyl (C=O) groups is 3. The standard InChI is InChI=1S/C24H27N3O5/c28-21(25-10-4-11-26-23(30)20-7-3-12-31-20)18-13-16-9-8-15(18)14-24(16)27-22(29)17-5-1-2-6-19(17)32-24/h1-3,5-7,12,15-16,18H,4,8-11,13-14H2,(H,25,28)(H,26,30)(H,27,29). The number of ether oxygens (including phenoxy) is 1. The Kier molecular flexibility index (Phi) is 5.36. The number of hydrogen-bond acceptors (Lipinski definition) is 5. The maximum Gasteiger partial charge on any atom is 0.286 e. The summed E-state index contributed by atoms with van der Waals surface area (Å²) in [6, 6.07) is 10.6. The molecule has 4 atom stereocenters. The van der Waals surface area contributed by atoms with E-state index in [-0.39, 0.29) is 41.2 Å². The Morgan fingerprint density at radius 1 is 1.09 bits per heavy atom. The van der Waals surface area contributed by atoms with Gasteiger partial charge in [0.2, 0.25) is 5.91 Å². The molecule has 3 fully saturated rings. The predicted molar refractivity (Wildman–Crippen MR) is 115 cm³/mol. The highest BCUT2D eigenvalue weighted by atomic mass is 16.5. The SMILES string of the molecule is O=C(NCCCNC(=O)C1CC2CCC1CC21NC(=O)c2ccccc2O1)c1ccco1. The second-order valence-electron chi connectivity index (χ2n) is 8.90. The van der Waals surface area contributed by atoms with Crippen molar-refractivity contribution in [3.63, 3.8) is 0 Å². The maximum atomic E-state index is 12.9. The fraction of sp³-hybridized carbons (Fsp3) is 0.458. The summed E-state index contributed by atoms with van der Waals surface area (Å²) in [6.45, 7) is 0.954. The first-order valence-electron chi connectivity index (χ1n) is 11.3. The molecule has 3 saturated carbocycles. The van der Waals surface area contributed by atoms with Crippen LogP contribution in [0.5, 0.6) is 5.75 Å². The number of fused-ring (bicyclic) bond motifs is 3. The molecule has 0 saturated heterocycles. The van der Waals surface area contributed by atoms with Crippen molar-refractivity contribution in [1.29, 1.82) is 0 Å². The molecule has 3 aliphatic carbocycles. The Bertz CT molecular complexity index is 1020. The third kappa shape index (κ3) is 3.74. The minimum atomic E-state index is -0.707. The average molecular weight is 437 g/mol. The van der Waals surface area contributed by atoms with Crippen LogP contribution >= 0.6 is 0 Å². The third-order valence-electron chi connectivity index (χ3n) is 6.99. The van der Waals surface area contributed by atoms with E-state index in [1.807, 2.05) is 18.2 Å². The molecule has 4 unspecified atom stereocenters. The fourth-order valence-corrected chi connectivity index (χ4v) is 5.41. The monoisotopic (exact) mass is 437 g/mol. The zero-order valence-corrected chi connectivity index (χ0v) is 17.8. The average Bonchev–Trinajstić information content (AvgIpc) is 3.34. The molecule has 2 heterocycles. The van der Waals surface area contributed by atoms with Crippen molar-refractivity contribution in [2.75, 3.05) is 13.1 Å². The van der Waals surface area contributed by atoms with E-state index in [1.54, 1.807) is 18.2 Å². The summed E-state index contributed by atoms with van der Waals surface area (Å²) in [4.78, 5) is 37.4. The number of furan rings is 1. The summed E-state index contributed by atoms with van der Waals surface area (Å²) in [6.07, 6.45) is 5.35. The van der Waals surface area contributed by atoms with Crippen molar-refractivity contribution in [3.8, 4) is 5.75 Å². The van der Waals surface area contributed by atoms with E-state index in [0.717, 1.165) is 12.8 Å². The van der Waals surface area contributed by atoms with Gasteiger partial charge in [-0.25, -0.2) is 0 Å². The van der Waals surface area contributed by atoms with Gasteiger partial charge < -0.3 is 25.1 Å². The molecule has 2 aromatic rings. The number of nitrogens with one attached hydrogen (secondary N) is 3. The molecule has 4 aliphatic rings. The highest BCUT2D eigenvalue weighted by Crippen LogP contribution is 2.52. The van der Waals surface area contributed by atoms with Crippen LogP contribution in [-0.4, -0.2) is 36.5 Å². The summed E-state index contributed by atoms with van der Waals surface area (Å²) in [5.41, 5.74) is -0.144. The molecule has 1 aromatic carbocycles. The summed E-state index contributed by atoms with van der Waals surface area (Å²) in [5, 5.41) is 8.92. The summed E-state index contributed by atoms with van der Waals surface area (Å²) in [5.74, 6) is 0.799. The maximum absolute atomic E-state index is 12.9. The van der Waals surface area contributed by atoms with Crippen molar-refractivity contribution < 1.29 is 23.5 Å². The predicted octanol–water partition coefficient (Wildman–Crippen LogP) is 2.47. The Balaban J connectivity index is 1.13. The van der Waals surface area contributed by atoms with Crippen LogP contribution in [0.2, 0.25) is 0 Å². The first-order valence-corrected chi connectivity index (χ1v) is 11.3. The zero-order valence-electron chi connectivity index (χ0n) is 17.8. The molecule has 32 heavy (non-hydrogen) atoms. The van der Waals surface area contributed by atoms with Crippen molar-refractivity contribution in [3.05, 3.63) is 54.0 Å². The van der Waals surface area contributed by atoms with Gasteiger partial charge >= 0.3 is 0 Å².